The molecule has 0 radical (unpaired) electrons. The van der Waals surface area contributed by atoms with Crippen molar-refractivity contribution in [2.75, 3.05) is 31.9 Å². The molecular weight excluding hydrogens is 486 g/mol. The number of hydrazone groups is 1. The number of nitrogens with zero attached hydrogens (tertiary/aromatic N) is 2. The molecule has 188 valence electrons. The summed E-state index contributed by atoms with van der Waals surface area (Å²) in [6.07, 6.45) is 1.42. The molecule has 0 fully saturated rings. The zero-order valence-electron chi connectivity index (χ0n) is 19.9. The van der Waals surface area contributed by atoms with E-state index in [9.17, 15) is 13.2 Å². The van der Waals surface area contributed by atoms with Crippen LogP contribution in [0, 0.1) is 6.92 Å². The van der Waals surface area contributed by atoms with Crippen molar-refractivity contribution in [3.05, 3.63) is 71.8 Å². The van der Waals surface area contributed by atoms with E-state index < -0.39 is 22.5 Å². The van der Waals surface area contributed by atoms with Crippen LogP contribution in [0.3, 0.4) is 0 Å². The molecule has 36 heavy (non-hydrogen) atoms. The van der Waals surface area contributed by atoms with E-state index in [0.717, 1.165) is 9.87 Å². The molecule has 1 aliphatic rings. The van der Waals surface area contributed by atoms with E-state index in [2.05, 4.69) is 10.5 Å². The second kappa shape index (κ2) is 10.6. The summed E-state index contributed by atoms with van der Waals surface area (Å²) < 4.78 is 49.5. The minimum absolute atomic E-state index is 0.0228. The molecule has 1 N–H and O–H groups in total. The molecule has 0 saturated heterocycles. The molecule has 0 bridgehead atoms. The Morgan fingerprint density at radius 3 is 2.50 bits per heavy atom. The first kappa shape index (κ1) is 24.9. The van der Waals surface area contributed by atoms with Crippen LogP contribution in [0.2, 0.25) is 0 Å². The lowest BCUT2D eigenvalue weighted by atomic mass is 10.2. The van der Waals surface area contributed by atoms with Crippen molar-refractivity contribution in [3.8, 4) is 23.0 Å². The third-order valence-corrected chi connectivity index (χ3v) is 7.12. The van der Waals surface area contributed by atoms with Crippen LogP contribution in [-0.4, -0.2) is 48.1 Å². The highest BCUT2D eigenvalue weighted by Gasteiger charge is 2.30. The molecule has 1 amide bonds. The summed E-state index contributed by atoms with van der Waals surface area (Å²) in [6.45, 7) is 1.44. The topological polar surface area (TPSA) is 116 Å². The van der Waals surface area contributed by atoms with Crippen LogP contribution >= 0.6 is 0 Å². The SMILES string of the molecule is COc1ccc(OC)c(N(CC(=O)N/N=C\c2ccc3c(c2)OCO3)S(=O)(=O)c2ccc(C)cc2)c1. The second-order valence-electron chi connectivity index (χ2n) is 7.77. The fourth-order valence-corrected chi connectivity index (χ4v) is 4.89. The Labute approximate surface area is 209 Å². The monoisotopic (exact) mass is 511 g/mol. The number of benzene rings is 3. The number of aryl methyl sites for hydroxylation is 1. The highest BCUT2D eigenvalue weighted by molar-refractivity contribution is 7.92. The number of carbonyl (C=O) groups excluding carboxylic acids is 1. The van der Waals surface area contributed by atoms with Crippen LogP contribution in [0.4, 0.5) is 5.69 Å². The van der Waals surface area contributed by atoms with Gasteiger partial charge in [0.1, 0.15) is 18.0 Å². The summed E-state index contributed by atoms with van der Waals surface area (Å²) in [5.41, 5.74) is 4.09. The minimum Gasteiger partial charge on any atom is -0.497 e. The largest absolute Gasteiger partial charge is 0.497 e. The summed E-state index contributed by atoms with van der Waals surface area (Å²) in [6, 6.07) is 16.2. The van der Waals surface area contributed by atoms with E-state index in [1.54, 1.807) is 42.5 Å². The summed E-state index contributed by atoms with van der Waals surface area (Å²) in [5.74, 6) is 1.19. The molecule has 0 unspecified atom stereocenters. The molecule has 0 aliphatic carbocycles. The van der Waals surface area contributed by atoms with E-state index in [1.807, 2.05) is 6.92 Å². The van der Waals surface area contributed by atoms with Crippen molar-refractivity contribution in [1.29, 1.82) is 0 Å². The molecule has 3 aromatic rings. The quantitative estimate of drug-likeness (QED) is 0.347. The summed E-state index contributed by atoms with van der Waals surface area (Å²) in [5, 5.41) is 3.96. The number of hydrogen-bond donors (Lipinski definition) is 1. The molecule has 0 atom stereocenters. The van der Waals surface area contributed by atoms with Gasteiger partial charge in [0.25, 0.3) is 15.9 Å². The Balaban J connectivity index is 1.61. The van der Waals surface area contributed by atoms with E-state index in [-0.39, 0.29) is 23.1 Å². The van der Waals surface area contributed by atoms with Gasteiger partial charge in [-0.05, 0) is 55.0 Å². The Kier molecular flexibility index (Phi) is 7.30. The summed E-state index contributed by atoms with van der Waals surface area (Å²) >= 11 is 0. The van der Waals surface area contributed by atoms with Crippen LogP contribution in [0.5, 0.6) is 23.0 Å². The molecular formula is C25H25N3O7S. The number of hydrogen-bond acceptors (Lipinski definition) is 8. The van der Waals surface area contributed by atoms with Gasteiger partial charge in [-0.25, -0.2) is 13.8 Å². The highest BCUT2D eigenvalue weighted by atomic mass is 32.2. The first-order valence-corrected chi connectivity index (χ1v) is 12.3. The van der Waals surface area contributed by atoms with Gasteiger partial charge in [-0.3, -0.25) is 9.10 Å². The molecule has 0 saturated carbocycles. The van der Waals surface area contributed by atoms with Gasteiger partial charge >= 0.3 is 0 Å². The number of methoxy groups -OCH3 is 2. The van der Waals surface area contributed by atoms with Gasteiger partial charge in [-0.1, -0.05) is 17.7 Å². The lowest BCUT2D eigenvalue weighted by Crippen LogP contribution is -2.39. The fraction of sp³-hybridized carbons (Fsp3) is 0.200. The van der Waals surface area contributed by atoms with Crippen LogP contribution < -0.4 is 28.7 Å². The predicted molar refractivity (Wildman–Crippen MR) is 134 cm³/mol. The van der Waals surface area contributed by atoms with Crippen LogP contribution in [0.1, 0.15) is 11.1 Å². The number of nitrogens with one attached hydrogen (secondary N) is 1. The average Bonchev–Trinajstić information content (AvgIpc) is 3.35. The average molecular weight is 512 g/mol. The minimum atomic E-state index is -4.15. The third-order valence-electron chi connectivity index (χ3n) is 5.35. The first-order chi connectivity index (χ1) is 17.3. The van der Waals surface area contributed by atoms with Crippen LogP contribution in [0.25, 0.3) is 0 Å². The lowest BCUT2D eigenvalue weighted by Gasteiger charge is -2.25. The van der Waals surface area contributed by atoms with Crippen molar-refractivity contribution in [2.45, 2.75) is 11.8 Å². The van der Waals surface area contributed by atoms with E-state index in [1.165, 1.54) is 38.6 Å². The van der Waals surface area contributed by atoms with Crippen molar-refractivity contribution >= 4 is 27.8 Å². The normalized spacial score (nSPS) is 12.4. The number of rotatable bonds is 9. The zero-order chi connectivity index (χ0) is 25.7. The summed E-state index contributed by atoms with van der Waals surface area (Å²) in [4.78, 5) is 12.9. The maximum atomic E-state index is 13.6. The van der Waals surface area contributed by atoms with Gasteiger partial charge in [0, 0.05) is 6.07 Å². The van der Waals surface area contributed by atoms with Crippen LogP contribution in [0.15, 0.2) is 70.7 Å². The Bertz CT molecular complexity index is 1390. The number of anilines is 1. The van der Waals surface area contributed by atoms with E-state index in [0.29, 0.717) is 22.8 Å². The molecule has 1 heterocycles. The zero-order valence-corrected chi connectivity index (χ0v) is 20.7. The Morgan fingerprint density at radius 1 is 1.03 bits per heavy atom. The predicted octanol–water partition coefficient (Wildman–Crippen LogP) is 3.09. The van der Waals surface area contributed by atoms with E-state index >= 15 is 0 Å². The second-order valence-corrected chi connectivity index (χ2v) is 9.63. The summed E-state index contributed by atoms with van der Waals surface area (Å²) in [7, 11) is -1.28. The Hall–Kier alpha value is -4.25. The molecule has 1 aliphatic heterocycles. The van der Waals surface area contributed by atoms with Gasteiger partial charge in [0.15, 0.2) is 11.5 Å². The van der Waals surface area contributed by atoms with Crippen LogP contribution in [-0.2, 0) is 14.8 Å². The van der Waals surface area contributed by atoms with Crippen molar-refractivity contribution in [2.24, 2.45) is 5.10 Å². The maximum Gasteiger partial charge on any atom is 0.264 e. The number of fused-ring (bicyclic) bond motifs is 1. The maximum absolute atomic E-state index is 13.6. The number of amides is 1. The van der Waals surface area contributed by atoms with Gasteiger partial charge in [0.2, 0.25) is 6.79 Å². The third kappa shape index (κ3) is 5.36. The molecule has 0 aromatic heterocycles. The van der Waals surface area contributed by atoms with Gasteiger partial charge in [-0.15, -0.1) is 0 Å². The van der Waals surface area contributed by atoms with Crippen molar-refractivity contribution < 1.29 is 32.2 Å². The highest BCUT2D eigenvalue weighted by Crippen LogP contribution is 2.36. The van der Waals surface area contributed by atoms with E-state index in [4.69, 9.17) is 18.9 Å². The first-order valence-electron chi connectivity index (χ1n) is 10.8. The molecule has 4 rings (SSSR count). The number of ether oxygens (including phenoxy) is 4. The fourth-order valence-electron chi connectivity index (χ4n) is 3.47. The van der Waals surface area contributed by atoms with Gasteiger partial charge < -0.3 is 18.9 Å². The van der Waals surface area contributed by atoms with Gasteiger partial charge in [-0.2, -0.15) is 5.10 Å². The van der Waals surface area contributed by atoms with Crippen molar-refractivity contribution in [3.63, 3.8) is 0 Å². The van der Waals surface area contributed by atoms with Crippen molar-refractivity contribution in [1.82, 2.24) is 5.43 Å². The molecule has 3 aromatic carbocycles. The Morgan fingerprint density at radius 2 is 1.78 bits per heavy atom. The van der Waals surface area contributed by atoms with Gasteiger partial charge in [0.05, 0.1) is 31.0 Å². The molecule has 10 nitrogen and oxygen atoms in total. The molecule has 11 heteroatoms. The lowest BCUT2D eigenvalue weighted by molar-refractivity contribution is -0.119. The smallest absolute Gasteiger partial charge is 0.264 e. The standard InChI is InChI=1S/C25H25N3O7S/c1-17-4-8-20(9-5-17)36(30,31)28(21-13-19(32-2)7-11-22(21)33-3)15-25(29)27-26-14-18-6-10-23-24(12-18)35-16-34-23/h4-14H,15-16H2,1-3H3,(H,27,29)/b26-14-. The number of carbonyl (C=O) groups is 1. The number of sulfonamides is 1. The molecule has 0 spiro atoms.